The van der Waals surface area contributed by atoms with Gasteiger partial charge >= 0.3 is 0 Å². The molecule has 0 saturated heterocycles. The molecule has 4 nitrogen and oxygen atoms in total. The normalized spacial score (nSPS) is 17.7. The van der Waals surface area contributed by atoms with Crippen LogP contribution in [0.4, 0.5) is 0 Å². The smallest absolute Gasteiger partial charge is 0.300 e. The molecule has 2 rings (SSSR count). The number of fused-ring (bicyclic) bond motifs is 1. The van der Waals surface area contributed by atoms with Crippen LogP contribution in [0.2, 0.25) is 5.02 Å². The Morgan fingerprint density at radius 1 is 1.57 bits per heavy atom. The molecule has 0 aromatic carbocycles. The molecule has 0 N–H and O–H groups in total. The molecule has 0 atom stereocenters. The van der Waals surface area contributed by atoms with E-state index in [4.69, 9.17) is 16.3 Å². The van der Waals surface area contributed by atoms with E-state index in [2.05, 4.69) is 4.98 Å². The highest BCUT2D eigenvalue weighted by atomic mass is 35.5. The van der Waals surface area contributed by atoms with Gasteiger partial charge in [-0.25, -0.2) is 4.98 Å². The molecule has 14 heavy (non-hydrogen) atoms. The summed E-state index contributed by atoms with van der Waals surface area (Å²) in [4.78, 5) is 15.9. The van der Waals surface area contributed by atoms with Crippen LogP contribution in [0.25, 0.3) is 0 Å². The first kappa shape index (κ1) is 9.52. The number of hydrogen-bond donors (Lipinski definition) is 0. The summed E-state index contributed by atoms with van der Waals surface area (Å²) in [6.45, 7) is 5.98. The molecule has 0 aliphatic carbocycles. The summed E-state index contributed by atoms with van der Waals surface area (Å²) >= 11 is 5.84. The van der Waals surface area contributed by atoms with Gasteiger partial charge in [-0.05, 0) is 20.8 Å². The third kappa shape index (κ3) is 1.14. The molecule has 1 aliphatic heterocycles. The molecule has 0 bridgehead atoms. The van der Waals surface area contributed by atoms with E-state index in [1.807, 2.05) is 13.8 Å². The van der Waals surface area contributed by atoms with E-state index in [9.17, 15) is 4.79 Å². The third-order valence-electron chi connectivity index (χ3n) is 2.32. The summed E-state index contributed by atoms with van der Waals surface area (Å²) in [5.41, 5.74) is -0.0752. The second-order valence-electron chi connectivity index (χ2n) is 4.04. The lowest BCUT2D eigenvalue weighted by Gasteiger charge is -2.17. The van der Waals surface area contributed by atoms with E-state index < -0.39 is 0 Å². The van der Waals surface area contributed by atoms with Gasteiger partial charge in [-0.3, -0.25) is 9.36 Å². The van der Waals surface area contributed by atoms with Gasteiger partial charge in [-0.1, -0.05) is 11.6 Å². The van der Waals surface area contributed by atoms with Crippen LogP contribution >= 0.6 is 11.6 Å². The van der Waals surface area contributed by atoms with E-state index in [0.29, 0.717) is 18.3 Å². The van der Waals surface area contributed by atoms with E-state index >= 15 is 0 Å². The molecule has 0 radical (unpaired) electrons. The monoisotopic (exact) mass is 214 g/mol. The predicted molar refractivity (Wildman–Crippen MR) is 53.1 cm³/mol. The fourth-order valence-corrected chi connectivity index (χ4v) is 1.65. The molecule has 0 saturated carbocycles. The lowest BCUT2D eigenvalue weighted by molar-refractivity contribution is 0.267. The molecule has 1 aromatic rings. The van der Waals surface area contributed by atoms with E-state index in [0.717, 1.165) is 0 Å². The van der Waals surface area contributed by atoms with Gasteiger partial charge in [0.15, 0.2) is 0 Å². The van der Waals surface area contributed by atoms with E-state index in [1.54, 1.807) is 6.92 Å². The minimum absolute atomic E-state index is 0.173. The van der Waals surface area contributed by atoms with Crippen molar-refractivity contribution in [1.29, 1.82) is 0 Å². The Balaban J connectivity index is 2.79. The van der Waals surface area contributed by atoms with Gasteiger partial charge in [-0.2, -0.15) is 0 Å². The maximum Gasteiger partial charge on any atom is 0.300 e. The second kappa shape index (κ2) is 2.73. The predicted octanol–water partition coefficient (Wildman–Crippen LogP) is 1.33. The van der Waals surface area contributed by atoms with Crippen molar-refractivity contribution >= 4 is 11.6 Å². The highest BCUT2D eigenvalue weighted by molar-refractivity contribution is 6.31. The standard InChI is InChI=1S/C9H11ClN2O2/c1-5-6(10)7(13)12-8(11-5)14-4-9(12,2)3/h4H2,1-3H3. The van der Waals surface area contributed by atoms with Gasteiger partial charge in [-0.15, -0.1) is 0 Å². The fraction of sp³-hybridized carbons (Fsp3) is 0.556. The fourth-order valence-electron chi connectivity index (χ4n) is 1.52. The highest BCUT2D eigenvalue weighted by Gasteiger charge is 2.34. The topological polar surface area (TPSA) is 44.1 Å². The summed E-state index contributed by atoms with van der Waals surface area (Å²) in [7, 11) is 0. The molecule has 0 spiro atoms. The van der Waals surface area contributed by atoms with Crippen LogP contribution in [0.15, 0.2) is 4.79 Å². The highest BCUT2D eigenvalue weighted by Crippen LogP contribution is 2.27. The molecular weight excluding hydrogens is 204 g/mol. The molecule has 2 heterocycles. The first-order valence-corrected chi connectivity index (χ1v) is 4.74. The molecule has 0 fully saturated rings. The van der Waals surface area contributed by atoms with Crippen LogP contribution in [-0.4, -0.2) is 16.2 Å². The van der Waals surface area contributed by atoms with Crippen molar-refractivity contribution in [2.24, 2.45) is 0 Å². The Hall–Kier alpha value is -1.03. The maximum absolute atomic E-state index is 11.8. The number of hydrogen-bond acceptors (Lipinski definition) is 3. The molecule has 0 amide bonds. The van der Waals surface area contributed by atoms with Gasteiger partial charge in [0.25, 0.3) is 11.6 Å². The van der Waals surface area contributed by atoms with Crippen molar-refractivity contribution in [3.63, 3.8) is 0 Å². The minimum atomic E-state index is -0.364. The number of ether oxygens (including phenoxy) is 1. The number of aromatic nitrogens is 2. The molecule has 0 unspecified atom stereocenters. The lowest BCUT2D eigenvalue weighted by atomic mass is 10.1. The van der Waals surface area contributed by atoms with Gasteiger partial charge < -0.3 is 4.74 Å². The second-order valence-corrected chi connectivity index (χ2v) is 4.41. The van der Waals surface area contributed by atoms with Gasteiger partial charge in [0, 0.05) is 0 Å². The zero-order chi connectivity index (χ0) is 10.5. The Bertz CT molecular complexity index is 451. The van der Waals surface area contributed by atoms with Crippen LogP contribution in [-0.2, 0) is 5.54 Å². The van der Waals surface area contributed by atoms with Crippen LogP contribution in [0.1, 0.15) is 19.5 Å². The molecule has 76 valence electrons. The first-order valence-electron chi connectivity index (χ1n) is 4.36. The quantitative estimate of drug-likeness (QED) is 0.655. The van der Waals surface area contributed by atoms with Gasteiger partial charge in [0.05, 0.1) is 11.2 Å². The number of rotatable bonds is 0. The van der Waals surface area contributed by atoms with Crippen molar-refractivity contribution in [1.82, 2.24) is 9.55 Å². The van der Waals surface area contributed by atoms with E-state index in [1.165, 1.54) is 4.57 Å². The summed E-state index contributed by atoms with van der Waals surface area (Å²) in [5.74, 6) is 0. The zero-order valence-electron chi connectivity index (χ0n) is 8.30. The molecule has 1 aromatic heterocycles. The number of aryl methyl sites for hydroxylation is 1. The van der Waals surface area contributed by atoms with Crippen molar-refractivity contribution < 1.29 is 4.74 Å². The minimum Gasteiger partial charge on any atom is -0.462 e. The number of nitrogens with zero attached hydrogens (tertiary/aromatic N) is 2. The van der Waals surface area contributed by atoms with Gasteiger partial charge in [0.2, 0.25) is 0 Å². The van der Waals surface area contributed by atoms with Crippen molar-refractivity contribution in [2.75, 3.05) is 6.61 Å². The van der Waals surface area contributed by atoms with Crippen LogP contribution in [0.5, 0.6) is 6.01 Å². The van der Waals surface area contributed by atoms with Gasteiger partial charge in [0.1, 0.15) is 11.6 Å². The molecular formula is C9H11ClN2O2. The summed E-state index contributed by atoms with van der Waals surface area (Å²) in [5, 5.41) is 0.173. The van der Waals surface area contributed by atoms with Crippen molar-refractivity contribution in [3.05, 3.63) is 21.1 Å². The third-order valence-corrected chi connectivity index (χ3v) is 2.76. The number of halogens is 1. The van der Waals surface area contributed by atoms with Crippen molar-refractivity contribution in [3.8, 4) is 6.01 Å². The zero-order valence-corrected chi connectivity index (χ0v) is 9.05. The Morgan fingerprint density at radius 3 is 2.86 bits per heavy atom. The average molecular weight is 215 g/mol. The summed E-state index contributed by atoms with van der Waals surface area (Å²) < 4.78 is 6.83. The average Bonchev–Trinajstić information content (AvgIpc) is 2.38. The Morgan fingerprint density at radius 2 is 2.21 bits per heavy atom. The summed E-state index contributed by atoms with van der Waals surface area (Å²) in [6, 6.07) is 0.363. The molecule has 1 aliphatic rings. The molecule has 5 heteroatoms. The SMILES string of the molecule is Cc1nc2n(c(=O)c1Cl)C(C)(C)CO2. The van der Waals surface area contributed by atoms with E-state index in [-0.39, 0.29) is 16.1 Å². The summed E-state index contributed by atoms with van der Waals surface area (Å²) in [6.07, 6.45) is 0. The lowest BCUT2D eigenvalue weighted by Crippen LogP contribution is -2.35. The first-order chi connectivity index (χ1) is 6.43. The Kier molecular flexibility index (Phi) is 1.86. The van der Waals surface area contributed by atoms with Crippen molar-refractivity contribution in [2.45, 2.75) is 26.3 Å². The van der Waals surface area contributed by atoms with Crippen LogP contribution < -0.4 is 10.3 Å². The maximum atomic E-state index is 11.8. The van der Waals surface area contributed by atoms with Crippen LogP contribution in [0, 0.1) is 6.92 Å². The largest absolute Gasteiger partial charge is 0.462 e. The Labute approximate surface area is 86.5 Å². The van der Waals surface area contributed by atoms with Crippen LogP contribution in [0.3, 0.4) is 0 Å².